The maximum absolute atomic E-state index is 12.4. The van der Waals surface area contributed by atoms with Crippen LogP contribution in [-0.4, -0.2) is 30.3 Å². The van der Waals surface area contributed by atoms with Crippen molar-refractivity contribution in [2.75, 3.05) is 0 Å². The first-order valence-electron chi connectivity index (χ1n) is 10.3. The van der Waals surface area contributed by atoms with Gasteiger partial charge in [0.2, 0.25) is 11.6 Å². The van der Waals surface area contributed by atoms with Crippen molar-refractivity contribution >= 4 is 33.3 Å². The van der Waals surface area contributed by atoms with Gasteiger partial charge in [0.15, 0.2) is 0 Å². The molecule has 0 aliphatic carbocycles. The summed E-state index contributed by atoms with van der Waals surface area (Å²) in [6.07, 6.45) is 8.11. The Hall–Kier alpha value is -3.68. The van der Waals surface area contributed by atoms with Gasteiger partial charge < -0.3 is 4.57 Å². The lowest BCUT2D eigenvalue weighted by atomic mass is 10.1. The van der Waals surface area contributed by atoms with Gasteiger partial charge in [-0.05, 0) is 70.4 Å². The predicted molar refractivity (Wildman–Crippen MR) is 136 cm³/mol. The minimum absolute atomic E-state index is 0.127. The smallest absolute Gasteiger partial charge is 0.250 e. The van der Waals surface area contributed by atoms with E-state index < -0.39 is 0 Å². The number of hydrogen-bond donors (Lipinski definition) is 0. The molecular weight excluding hydrogens is 514 g/mol. The third-order valence-corrected chi connectivity index (χ3v) is 5.56. The Balaban J connectivity index is 0.000000291. The van der Waals surface area contributed by atoms with E-state index in [1.54, 1.807) is 29.4 Å². The summed E-state index contributed by atoms with van der Waals surface area (Å²) in [6.45, 7) is 2.03. The zero-order valence-electron chi connectivity index (χ0n) is 18.1. The number of ketones is 1. The zero-order valence-corrected chi connectivity index (χ0v) is 20.5. The van der Waals surface area contributed by atoms with E-state index in [1.807, 2.05) is 67.6 Å². The van der Waals surface area contributed by atoms with E-state index in [-0.39, 0.29) is 11.6 Å². The van der Waals surface area contributed by atoms with E-state index in [0.29, 0.717) is 10.7 Å². The van der Waals surface area contributed by atoms with Crippen LogP contribution in [-0.2, 0) is 0 Å². The van der Waals surface area contributed by atoms with Gasteiger partial charge in [0, 0.05) is 41.1 Å². The third-order valence-electron chi connectivity index (χ3n) is 4.80. The molecule has 0 radical (unpaired) electrons. The van der Waals surface area contributed by atoms with Crippen LogP contribution in [0.25, 0.3) is 16.8 Å². The Morgan fingerprint density at radius 1 is 0.882 bits per heavy atom. The number of pyridine rings is 1. The van der Waals surface area contributed by atoms with Crippen LogP contribution in [0.2, 0.25) is 5.02 Å². The molecule has 0 bridgehead atoms. The predicted octanol–water partition coefficient (Wildman–Crippen LogP) is 6.37. The fourth-order valence-corrected chi connectivity index (χ4v) is 3.86. The average Bonchev–Trinajstić information content (AvgIpc) is 3.35. The summed E-state index contributed by atoms with van der Waals surface area (Å²) in [5.41, 5.74) is 4.33. The molecule has 0 saturated heterocycles. The standard InChI is InChI=1S/C20H13ClN4O.C6H6BrN/c21-17-8-2-1-7-16(17)14-5-3-6-15(11-14)25-12-18(24-13-25)19(26)20-22-9-4-10-23-20;1-5-2-3-8-6(7)4-5/h1-13H;2-4H,1H3. The topological polar surface area (TPSA) is 73.6 Å². The molecule has 0 N–H and O–H groups in total. The van der Waals surface area contributed by atoms with Crippen molar-refractivity contribution in [3.05, 3.63) is 125 Å². The van der Waals surface area contributed by atoms with E-state index in [9.17, 15) is 4.79 Å². The van der Waals surface area contributed by atoms with Crippen LogP contribution < -0.4 is 0 Å². The van der Waals surface area contributed by atoms with Crippen molar-refractivity contribution in [1.29, 1.82) is 0 Å². The summed E-state index contributed by atoms with van der Waals surface area (Å²) in [6, 6.07) is 21.1. The van der Waals surface area contributed by atoms with E-state index in [2.05, 4.69) is 35.9 Å². The van der Waals surface area contributed by atoms with Crippen molar-refractivity contribution < 1.29 is 4.79 Å². The van der Waals surface area contributed by atoms with Crippen molar-refractivity contribution in [2.24, 2.45) is 0 Å². The maximum Gasteiger partial charge on any atom is 0.250 e. The second kappa shape index (κ2) is 11.0. The average molecular weight is 533 g/mol. The Morgan fingerprint density at radius 3 is 2.38 bits per heavy atom. The quantitative estimate of drug-likeness (QED) is 0.199. The Labute approximate surface area is 210 Å². The SMILES string of the molecule is Cc1ccnc(Br)c1.O=C(c1cn(-c2cccc(-c3ccccc3Cl)c2)cn1)c1ncccn1. The summed E-state index contributed by atoms with van der Waals surface area (Å²) in [5.74, 6) is -0.186. The van der Waals surface area contributed by atoms with E-state index in [4.69, 9.17) is 11.6 Å². The highest BCUT2D eigenvalue weighted by molar-refractivity contribution is 9.10. The van der Waals surface area contributed by atoms with Gasteiger partial charge in [0.1, 0.15) is 16.6 Å². The van der Waals surface area contributed by atoms with Crippen LogP contribution >= 0.6 is 27.5 Å². The lowest BCUT2D eigenvalue weighted by Crippen LogP contribution is -2.06. The largest absolute Gasteiger partial charge is 0.306 e. The molecule has 2 aromatic carbocycles. The molecule has 0 saturated carbocycles. The summed E-state index contributed by atoms with van der Waals surface area (Å²) in [4.78, 5) is 28.5. The van der Waals surface area contributed by atoms with Gasteiger partial charge in [-0.2, -0.15) is 0 Å². The highest BCUT2D eigenvalue weighted by atomic mass is 79.9. The van der Waals surface area contributed by atoms with E-state index in [0.717, 1.165) is 21.4 Å². The van der Waals surface area contributed by atoms with Crippen LogP contribution in [0.3, 0.4) is 0 Å². The summed E-state index contributed by atoms with van der Waals surface area (Å²) in [5, 5.41) is 0.687. The molecule has 0 spiro atoms. The number of rotatable bonds is 4. The molecule has 0 fully saturated rings. The molecule has 0 amide bonds. The number of imidazole rings is 1. The Kier molecular flexibility index (Phi) is 7.57. The molecule has 0 aliphatic heterocycles. The van der Waals surface area contributed by atoms with Crippen LogP contribution in [0.5, 0.6) is 0 Å². The number of carbonyl (C=O) groups is 1. The van der Waals surface area contributed by atoms with Gasteiger partial charge in [-0.1, -0.05) is 41.9 Å². The molecule has 8 heteroatoms. The summed E-state index contributed by atoms with van der Waals surface area (Å²) < 4.78 is 2.69. The molecular formula is C26H19BrClN5O. The second-order valence-corrected chi connectivity index (χ2v) is 8.47. The summed E-state index contributed by atoms with van der Waals surface area (Å²) in [7, 11) is 0. The third kappa shape index (κ3) is 5.81. The molecule has 3 heterocycles. The number of benzene rings is 2. The number of halogens is 2. The van der Waals surface area contributed by atoms with Gasteiger partial charge in [-0.25, -0.2) is 19.9 Å². The van der Waals surface area contributed by atoms with Crippen LogP contribution in [0, 0.1) is 6.92 Å². The highest BCUT2D eigenvalue weighted by Gasteiger charge is 2.15. The molecule has 34 heavy (non-hydrogen) atoms. The van der Waals surface area contributed by atoms with Gasteiger partial charge in [-0.3, -0.25) is 4.79 Å². The molecule has 6 nitrogen and oxygen atoms in total. The second-order valence-electron chi connectivity index (χ2n) is 7.25. The molecule has 5 aromatic rings. The number of hydrogen-bond acceptors (Lipinski definition) is 5. The lowest BCUT2D eigenvalue weighted by molar-refractivity contribution is 0.102. The van der Waals surface area contributed by atoms with Gasteiger partial charge in [-0.15, -0.1) is 0 Å². The van der Waals surface area contributed by atoms with Crippen molar-refractivity contribution in [3.8, 4) is 16.8 Å². The number of carbonyl (C=O) groups excluding carboxylic acids is 1. The van der Waals surface area contributed by atoms with Gasteiger partial charge in [0.25, 0.3) is 0 Å². The van der Waals surface area contributed by atoms with Gasteiger partial charge in [0.05, 0.1) is 0 Å². The van der Waals surface area contributed by atoms with E-state index >= 15 is 0 Å². The number of aromatic nitrogens is 5. The van der Waals surface area contributed by atoms with Crippen molar-refractivity contribution in [2.45, 2.75) is 6.92 Å². The monoisotopic (exact) mass is 531 g/mol. The fraction of sp³-hybridized carbons (Fsp3) is 0.0385. The van der Waals surface area contributed by atoms with Crippen LogP contribution in [0.4, 0.5) is 0 Å². The van der Waals surface area contributed by atoms with Crippen LogP contribution in [0.15, 0.2) is 102 Å². The molecule has 0 unspecified atom stereocenters. The minimum atomic E-state index is -0.313. The van der Waals surface area contributed by atoms with Gasteiger partial charge >= 0.3 is 0 Å². The number of aryl methyl sites for hydroxylation is 1. The first-order valence-corrected chi connectivity index (χ1v) is 11.5. The lowest BCUT2D eigenvalue weighted by Gasteiger charge is -2.07. The highest BCUT2D eigenvalue weighted by Crippen LogP contribution is 2.28. The van der Waals surface area contributed by atoms with Crippen LogP contribution in [0.1, 0.15) is 21.9 Å². The van der Waals surface area contributed by atoms with Crippen molar-refractivity contribution in [1.82, 2.24) is 24.5 Å². The first kappa shape index (κ1) is 23.5. The molecule has 3 aromatic heterocycles. The zero-order chi connectivity index (χ0) is 23.9. The Morgan fingerprint density at radius 2 is 1.68 bits per heavy atom. The van der Waals surface area contributed by atoms with Crippen molar-refractivity contribution in [3.63, 3.8) is 0 Å². The fourth-order valence-electron chi connectivity index (χ4n) is 3.14. The number of nitrogens with zero attached hydrogens (tertiary/aromatic N) is 5. The molecule has 0 atom stereocenters. The molecule has 168 valence electrons. The molecule has 0 aliphatic rings. The maximum atomic E-state index is 12.4. The first-order chi connectivity index (χ1) is 16.5. The van der Waals surface area contributed by atoms with E-state index in [1.165, 1.54) is 18.0 Å². The summed E-state index contributed by atoms with van der Waals surface area (Å²) >= 11 is 9.54. The minimum Gasteiger partial charge on any atom is -0.306 e. The molecule has 5 rings (SSSR count). The Bertz CT molecular complexity index is 1400. The normalized spacial score (nSPS) is 10.3.